The maximum absolute atomic E-state index is 10.7. The standard InChI is InChI=1S/C12H11BrN4O4/c13-9-1-8(2-14-3-9)6-20-10-4-16-5-11(17(18)19)15-12(16)21-7-10/h1-3,5,10H,4,6-7H2. The lowest BCUT2D eigenvalue weighted by Crippen LogP contribution is -2.32. The summed E-state index contributed by atoms with van der Waals surface area (Å²) in [4.78, 5) is 18.0. The minimum Gasteiger partial charge on any atom is -0.443 e. The Morgan fingerprint density at radius 2 is 2.43 bits per heavy atom. The van der Waals surface area contributed by atoms with E-state index in [-0.39, 0.29) is 17.9 Å². The molecule has 3 rings (SSSR count). The van der Waals surface area contributed by atoms with Crippen molar-refractivity contribution in [3.63, 3.8) is 0 Å². The highest BCUT2D eigenvalue weighted by Gasteiger charge is 2.28. The number of nitro groups is 1. The number of hydrogen-bond acceptors (Lipinski definition) is 6. The molecule has 8 nitrogen and oxygen atoms in total. The second kappa shape index (κ2) is 5.78. The van der Waals surface area contributed by atoms with Gasteiger partial charge in [0.25, 0.3) is 0 Å². The predicted octanol–water partition coefficient (Wildman–Crippen LogP) is 1.93. The molecule has 0 saturated heterocycles. The Bertz CT molecular complexity index is 675. The molecule has 0 radical (unpaired) electrons. The molecule has 0 fully saturated rings. The van der Waals surface area contributed by atoms with Crippen LogP contribution in [0.25, 0.3) is 0 Å². The zero-order valence-electron chi connectivity index (χ0n) is 10.8. The quantitative estimate of drug-likeness (QED) is 0.615. The normalized spacial score (nSPS) is 17.1. The fraction of sp³-hybridized carbons (Fsp3) is 0.333. The van der Waals surface area contributed by atoms with E-state index in [0.717, 1.165) is 10.0 Å². The topological polar surface area (TPSA) is 92.3 Å². The van der Waals surface area contributed by atoms with Crippen molar-refractivity contribution in [3.05, 3.63) is 44.8 Å². The Kier molecular flexibility index (Phi) is 3.84. The molecule has 0 bridgehead atoms. The molecule has 2 aromatic rings. The number of ether oxygens (including phenoxy) is 2. The molecule has 110 valence electrons. The van der Waals surface area contributed by atoms with Gasteiger partial charge in [-0.15, -0.1) is 0 Å². The Hall–Kier alpha value is -2.00. The SMILES string of the molecule is O=[N+]([O-])c1cn2c(n1)OCC(OCc1cncc(Br)c1)C2. The van der Waals surface area contributed by atoms with Gasteiger partial charge in [0.05, 0.1) is 13.2 Å². The molecular formula is C12H11BrN4O4. The van der Waals surface area contributed by atoms with Crippen LogP contribution in [0.5, 0.6) is 6.01 Å². The van der Waals surface area contributed by atoms with Crippen LogP contribution in [0.1, 0.15) is 5.56 Å². The monoisotopic (exact) mass is 354 g/mol. The number of imidazole rings is 1. The van der Waals surface area contributed by atoms with Crippen LogP contribution in [0, 0.1) is 10.1 Å². The predicted molar refractivity (Wildman–Crippen MR) is 74.9 cm³/mol. The summed E-state index contributed by atoms with van der Waals surface area (Å²) < 4.78 is 13.6. The van der Waals surface area contributed by atoms with Gasteiger partial charge in [0.2, 0.25) is 0 Å². The van der Waals surface area contributed by atoms with Crippen LogP contribution in [-0.2, 0) is 17.9 Å². The fourth-order valence-electron chi connectivity index (χ4n) is 2.01. The van der Waals surface area contributed by atoms with Crippen molar-refractivity contribution in [2.24, 2.45) is 0 Å². The van der Waals surface area contributed by atoms with E-state index in [0.29, 0.717) is 19.8 Å². The van der Waals surface area contributed by atoms with Gasteiger partial charge in [-0.3, -0.25) is 9.55 Å². The molecule has 0 saturated carbocycles. The summed E-state index contributed by atoms with van der Waals surface area (Å²) in [6.07, 6.45) is 4.59. The van der Waals surface area contributed by atoms with E-state index in [1.54, 1.807) is 17.0 Å². The molecule has 1 aliphatic rings. The van der Waals surface area contributed by atoms with Crippen molar-refractivity contribution in [2.45, 2.75) is 19.3 Å². The van der Waals surface area contributed by atoms with Gasteiger partial charge in [-0.1, -0.05) is 0 Å². The first-order valence-corrected chi connectivity index (χ1v) is 6.96. The highest BCUT2D eigenvalue weighted by molar-refractivity contribution is 9.10. The molecule has 3 heterocycles. The third-order valence-corrected chi connectivity index (χ3v) is 3.39. The van der Waals surface area contributed by atoms with E-state index >= 15 is 0 Å². The molecule has 0 N–H and O–H groups in total. The van der Waals surface area contributed by atoms with Crippen molar-refractivity contribution in [1.29, 1.82) is 0 Å². The molecule has 9 heteroatoms. The molecule has 0 spiro atoms. The maximum Gasteiger partial charge on any atom is 0.414 e. The van der Waals surface area contributed by atoms with Crippen molar-refractivity contribution < 1.29 is 14.4 Å². The zero-order valence-corrected chi connectivity index (χ0v) is 12.4. The van der Waals surface area contributed by atoms with Crippen LogP contribution in [0.15, 0.2) is 29.1 Å². The van der Waals surface area contributed by atoms with Gasteiger partial charge in [0, 0.05) is 21.9 Å². The van der Waals surface area contributed by atoms with Crippen molar-refractivity contribution in [1.82, 2.24) is 14.5 Å². The first-order valence-electron chi connectivity index (χ1n) is 6.17. The number of nitrogens with zero attached hydrogens (tertiary/aromatic N) is 4. The van der Waals surface area contributed by atoms with E-state index in [9.17, 15) is 10.1 Å². The third kappa shape index (κ3) is 3.19. The molecule has 1 unspecified atom stereocenters. The summed E-state index contributed by atoms with van der Waals surface area (Å²) in [5.74, 6) is -0.221. The molecule has 1 atom stereocenters. The highest BCUT2D eigenvalue weighted by Crippen LogP contribution is 2.22. The Morgan fingerprint density at radius 3 is 3.19 bits per heavy atom. The van der Waals surface area contributed by atoms with Crippen LogP contribution in [-0.4, -0.2) is 32.2 Å². The van der Waals surface area contributed by atoms with Crippen LogP contribution in [0.2, 0.25) is 0 Å². The number of pyridine rings is 1. The van der Waals surface area contributed by atoms with E-state index in [4.69, 9.17) is 9.47 Å². The minimum absolute atomic E-state index is 0.190. The summed E-state index contributed by atoms with van der Waals surface area (Å²) >= 11 is 3.35. The first-order chi connectivity index (χ1) is 10.1. The highest BCUT2D eigenvalue weighted by atomic mass is 79.9. The lowest BCUT2D eigenvalue weighted by Gasteiger charge is -2.22. The van der Waals surface area contributed by atoms with E-state index < -0.39 is 4.92 Å². The van der Waals surface area contributed by atoms with Gasteiger partial charge in [-0.05, 0) is 32.5 Å². The summed E-state index contributed by atoms with van der Waals surface area (Å²) in [5, 5.41) is 10.7. The summed E-state index contributed by atoms with van der Waals surface area (Å²) in [6.45, 7) is 1.18. The van der Waals surface area contributed by atoms with E-state index in [2.05, 4.69) is 25.9 Å². The van der Waals surface area contributed by atoms with Gasteiger partial charge >= 0.3 is 11.8 Å². The number of rotatable bonds is 4. The second-order valence-electron chi connectivity index (χ2n) is 4.55. The summed E-state index contributed by atoms with van der Waals surface area (Å²) in [7, 11) is 0. The van der Waals surface area contributed by atoms with Gasteiger partial charge in [0.1, 0.15) is 18.9 Å². The Labute approximate surface area is 128 Å². The number of halogens is 1. The van der Waals surface area contributed by atoms with Gasteiger partial charge in [-0.25, -0.2) is 0 Å². The summed E-state index contributed by atoms with van der Waals surface area (Å²) in [5.41, 5.74) is 0.937. The van der Waals surface area contributed by atoms with E-state index in [1.807, 2.05) is 6.07 Å². The largest absolute Gasteiger partial charge is 0.443 e. The van der Waals surface area contributed by atoms with Gasteiger partial charge in [0.15, 0.2) is 0 Å². The third-order valence-electron chi connectivity index (χ3n) is 2.96. The number of aromatic nitrogens is 3. The lowest BCUT2D eigenvalue weighted by molar-refractivity contribution is -0.389. The van der Waals surface area contributed by atoms with Gasteiger partial charge < -0.3 is 19.6 Å². The van der Waals surface area contributed by atoms with Gasteiger partial charge in [-0.2, -0.15) is 0 Å². The average molecular weight is 355 g/mol. The Morgan fingerprint density at radius 1 is 1.57 bits per heavy atom. The van der Waals surface area contributed by atoms with Crippen LogP contribution in [0.3, 0.4) is 0 Å². The van der Waals surface area contributed by atoms with E-state index in [1.165, 1.54) is 6.20 Å². The molecule has 2 aromatic heterocycles. The molecule has 21 heavy (non-hydrogen) atoms. The van der Waals surface area contributed by atoms with Crippen LogP contribution >= 0.6 is 15.9 Å². The average Bonchev–Trinajstić information content (AvgIpc) is 2.88. The van der Waals surface area contributed by atoms with Crippen LogP contribution < -0.4 is 4.74 Å². The molecule has 1 aliphatic heterocycles. The van der Waals surface area contributed by atoms with Crippen molar-refractivity contribution in [3.8, 4) is 6.01 Å². The molecule has 0 amide bonds. The summed E-state index contributed by atoms with van der Waals surface area (Å²) in [6, 6.07) is 2.18. The molecule has 0 aliphatic carbocycles. The lowest BCUT2D eigenvalue weighted by atomic mass is 10.3. The smallest absolute Gasteiger partial charge is 0.414 e. The second-order valence-corrected chi connectivity index (χ2v) is 5.46. The van der Waals surface area contributed by atoms with Crippen molar-refractivity contribution in [2.75, 3.05) is 6.61 Å². The van der Waals surface area contributed by atoms with Crippen LogP contribution in [0.4, 0.5) is 5.82 Å². The number of hydrogen-bond donors (Lipinski definition) is 0. The fourth-order valence-corrected chi connectivity index (χ4v) is 2.42. The first kappa shape index (κ1) is 14.0. The van der Waals surface area contributed by atoms with Crippen molar-refractivity contribution >= 4 is 21.7 Å². The molecule has 0 aromatic carbocycles. The Balaban J connectivity index is 1.62. The minimum atomic E-state index is -0.544. The molecular weight excluding hydrogens is 344 g/mol. The zero-order chi connectivity index (χ0) is 14.8. The number of fused-ring (bicyclic) bond motifs is 1. The maximum atomic E-state index is 10.7.